The van der Waals surface area contributed by atoms with Crippen molar-refractivity contribution in [3.8, 4) is 90.0 Å². The van der Waals surface area contributed by atoms with Crippen LogP contribution >= 0.6 is 0 Å². The van der Waals surface area contributed by atoms with Crippen LogP contribution in [-0.2, 0) is 0 Å². The molecule has 0 unspecified atom stereocenters. The van der Waals surface area contributed by atoms with Crippen LogP contribution in [0.3, 0.4) is 0 Å². The van der Waals surface area contributed by atoms with E-state index in [0.29, 0.717) is 17.5 Å². The fourth-order valence-corrected chi connectivity index (χ4v) is 10.9. The third-order valence-corrected chi connectivity index (χ3v) is 14.4. The van der Waals surface area contributed by atoms with Crippen LogP contribution in [0.2, 0.25) is 0 Å². The van der Waals surface area contributed by atoms with Crippen molar-refractivity contribution in [1.29, 1.82) is 0 Å². The van der Waals surface area contributed by atoms with E-state index in [1.54, 1.807) is 0 Å². The first-order valence-corrected chi connectivity index (χ1v) is 25.1. The molecule has 3 heterocycles. The number of benzene rings is 11. The fraction of sp³-hybridized carbons (Fsp3) is 0. The summed E-state index contributed by atoms with van der Waals surface area (Å²) in [5.41, 5.74) is 18.4. The second kappa shape index (κ2) is 18.0. The van der Waals surface area contributed by atoms with E-state index >= 15 is 0 Å². The molecule has 0 radical (unpaired) electrons. The summed E-state index contributed by atoms with van der Waals surface area (Å²) in [6.45, 7) is 0. The molecule has 0 fully saturated rings. The van der Waals surface area contributed by atoms with Gasteiger partial charge in [-0.25, -0.2) is 15.0 Å². The molecule has 11 aromatic carbocycles. The van der Waals surface area contributed by atoms with Crippen LogP contribution in [0.15, 0.2) is 273 Å². The largest absolute Gasteiger partial charge is 0.309 e. The average molecular weight is 944 g/mol. The lowest BCUT2D eigenvalue weighted by Gasteiger charge is -2.17. The third kappa shape index (κ3) is 7.46. The monoisotopic (exact) mass is 943 g/mol. The second-order valence-corrected chi connectivity index (χ2v) is 18.8. The van der Waals surface area contributed by atoms with Crippen LogP contribution in [0.4, 0.5) is 0 Å². The topological polar surface area (TPSA) is 48.5 Å². The predicted octanol–water partition coefficient (Wildman–Crippen LogP) is 17.7. The highest BCUT2D eigenvalue weighted by atomic mass is 15.0. The molecule has 0 saturated carbocycles. The molecule has 14 aromatic rings. The maximum atomic E-state index is 5.35. The van der Waals surface area contributed by atoms with Crippen LogP contribution in [0, 0.1) is 0 Å². The van der Waals surface area contributed by atoms with Crippen molar-refractivity contribution in [2.24, 2.45) is 0 Å². The molecule has 0 spiro atoms. The van der Waals surface area contributed by atoms with E-state index in [4.69, 9.17) is 15.0 Å². The molecular weight excluding hydrogens is 899 g/mol. The van der Waals surface area contributed by atoms with Gasteiger partial charge in [0.15, 0.2) is 17.5 Å². The predicted molar refractivity (Wildman–Crippen MR) is 307 cm³/mol. The van der Waals surface area contributed by atoms with Gasteiger partial charge in [-0.1, -0.05) is 224 Å². The summed E-state index contributed by atoms with van der Waals surface area (Å²) in [5.74, 6) is 1.80. The minimum atomic E-state index is 0.596. The van der Waals surface area contributed by atoms with Crippen molar-refractivity contribution in [2.45, 2.75) is 0 Å². The molecule has 0 N–H and O–H groups in total. The van der Waals surface area contributed by atoms with Crippen molar-refractivity contribution in [3.05, 3.63) is 273 Å². The average Bonchev–Trinajstić information content (AvgIpc) is 4.00. The van der Waals surface area contributed by atoms with Gasteiger partial charge in [0.2, 0.25) is 0 Å². The van der Waals surface area contributed by atoms with Crippen LogP contribution in [0.1, 0.15) is 0 Å². The summed E-state index contributed by atoms with van der Waals surface area (Å²) >= 11 is 0. The molecule has 3 aromatic heterocycles. The fourth-order valence-electron chi connectivity index (χ4n) is 10.9. The van der Waals surface area contributed by atoms with Gasteiger partial charge in [-0.05, 0) is 81.9 Å². The van der Waals surface area contributed by atoms with Crippen LogP contribution < -0.4 is 0 Å². The summed E-state index contributed by atoms with van der Waals surface area (Å²) in [4.78, 5) is 15.8. The smallest absolute Gasteiger partial charge is 0.164 e. The lowest BCUT2D eigenvalue weighted by molar-refractivity contribution is 1.07. The number of hydrogen-bond donors (Lipinski definition) is 0. The van der Waals surface area contributed by atoms with Crippen molar-refractivity contribution < 1.29 is 0 Å². The van der Waals surface area contributed by atoms with Crippen molar-refractivity contribution in [3.63, 3.8) is 0 Å². The summed E-state index contributed by atoms with van der Waals surface area (Å²) in [6, 6.07) is 97.2. The Labute approximate surface area is 428 Å². The summed E-state index contributed by atoms with van der Waals surface area (Å²) in [6.07, 6.45) is 0. The van der Waals surface area contributed by atoms with E-state index in [0.717, 1.165) is 94.6 Å². The van der Waals surface area contributed by atoms with Gasteiger partial charge < -0.3 is 9.13 Å². The molecule has 0 aliphatic carbocycles. The van der Waals surface area contributed by atoms with Gasteiger partial charge >= 0.3 is 0 Å². The Balaban J connectivity index is 0.931. The van der Waals surface area contributed by atoms with E-state index < -0.39 is 0 Å². The van der Waals surface area contributed by atoms with E-state index in [1.165, 1.54) is 21.5 Å². The first-order valence-electron chi connectivity index (χ1n) is 25.1. The van der Waals surface area contributed by atoms with Crippen LogP contribution in [-0.4, -0.2) is 24.1 Å². The molecule has 0 atom stereocenters. The first-order chi connectivity index (χ1) is 36.7. The van der Waals surface area contributed by atoms with Crippen LogP contribution in [0.25, 0.3) is 134 Å². The Morgan fingerprint density at radius 3 is 0.878 bits per heavy atom. The van der Waals surface area contributed by atoms with Gasteiger partial charge in [0.25, 0.3) is 0 Å². The second-order valence-electron chi connectivity index (χ2n) is 18.8. The van der Waals surface area contributed by atoms with Gasteiger partial charge in [-0.3, -0.25) is 0 Å². The maximum Gasteiger partial charge on any atom is 0.164 e. The Kier molecular flexibility index (Phi) is 10.4. The Bertz CT molecular complexity index is 4050. The molecule has 0 bridgehead atoms. The molecular formula is C69H45N5. The van der Waals surface area contributed by atoms with Gasteiger partial charge in [-0.15, -0.1) is 0 Å². The molecule has 14 rings (SSSR count). The van der Waals surface area contributed by atoms with E-state index in [-0.39, 0.29) is 0 Å². The normalized spacial score (nSPS) is 11.5. The molecule has 74 heavy (non-hydrogen) atoms. The summed E-state index contributed by atoms with van der Waals surface area (Å²) in [5, 5.41) is 4.87. The Morgan fingerprint density at radius 2 is 0.500 bits per heavy atom. The lowest BCUT2D eigenvalue weighted by Crippen LogP contribution is -2.01. The highest BCUT2D eigenvalue weighted by Crippen LogP contribution is 2.42. The lowest BCUT2D eigenvalue weighted by atomic mass is 9.96. The number of para-hydroxylation sites is 4. The van der Waals surface area contributed by atoms with Crippen molar-refractivity contribution in [2.75, 3.05) is 0 Å². The van der Waals surface area contributed by atoms with Gasteiger partial charge in [-0.2, -0.15) is 0 Å². The van der Waals surface area contributed by atoms with E-state index in [9.17, 15) is 0 Å². The Morgan fingerprint density at radius 1 is 0.203 bits per heavy atom. The SMILES string of the molecule is c1ccc(-c2ccc(-c3cccc(-c4nc(-c5ccccc5)nc(-c5cccc(-c6ccc(-c7ccccc7)cc6-n6c7ccccc7c7ccccc76)c5)n4)c3)c(-n3c4ccccc4c4ccccc43)c2)cc1. The number of nitrogens with zero attached hydrogens (tertiary/aromatic N) is 5. The Hall–Kier alpha value is -9.97. The minimum Gasteiger partial charge on any atom is -0.309 e. The standard InChI is InChI=1S/C69H45N5/c1-4-20-46(21-5-1)49-38-40-55(65(44-49)73-61-34-14-10-30-57(61)58-31-11-15-35-62(58)73)51-26-18-28-53(42-51)68-70-67(48-24-8-3-9-25-48)71-69(72-68)54-29-19-27-52(43-54)56-41-39-50(47-22-6-2-7-23-47)45-66(56)74-63-36-16-12-32-59(63)60-33-13-17-37-64(60)74/h1-45H. The van der Waals surface area contributed by atoms with Crippen molar-refractivity contribution in [1.82, 2.24) is 24.1 Å². The van der Waals surface area contributed by atoms with Crippen LogP contribution in [0.5, 0.6) is 0 Å². The molecule has 346 valence electrons. The molecule has 0 amide bonds. The molecule has 0 aliphatic heterocycles. The molecule has 5 nitrogen and oxygen atoms in total. The quantitative estimate of drug-likeness (QED) is 0.145. The minimum absolute atomic E-state index is 0.596. The zero-order chi connectivity index (χ0) is 49.0. The number of rotatable bonds is 9. The highest BCUT2D eigenvalue weighted by molar-refractivity contribution is 6.11. The highest BCUT2D eigenvalue weighted by Gasteiger charge is 2.21. The molecule has 5 heteroatoms. The number of hydrogen-bond acceptors (Lipinski definition) is 3. The summed E-state index contributed by atoms with van der Waals surface area (Å²) < 4.78 is 4.84. The summed E-state index contributed by atoms with van der Waals surface area (Å²) in [7, 11) is 0. The van der Waals surface area contributed by atoms with Gasteiger partial charge in [0.05, 0.1) is 33.4 Å². The molecule has 0 saturated heterocycles. The van der Waals surface area contributed by atoms with Gasteiger partial charge in [0.1, 0.15) is 0 Å². The number of fused-ring (bicyclic) bond motifs is 6. The third-order valence-electron chi connectivity index (χ3n) is 14.4. The van der Waals surface area contributed by atoms with Gasteiger partial charge in [0, 0.05) is 49.4 Å². The van der Waals surface area contributed by atoms with E-state index in [1.807, 2.05) is 18.2 Å². The van der Waals surface area contributed by atoms with Crippen molar-refractivity contribution >= 4 is 43.6 Å². The number of aromatic nitrogens is 5. The zero-order valence-electron chi connectivity index (χ0n) is 40.2. The first kappa shape index (κ1) is 42.9. The van der Waals surface area contributed by atoms with E-state index in [2.05, 4.69) is 264 Å². The zero-order valence-corrected chi connectivity index (χ0v) is 40.2. The molecule has 0 aliphatic rings. The maximum absolute atomic E-state index is 5.35.